The van der Waals surface area contributed by atoms with Crippen LogP contribution in [0.1, 0.15) is 36.6 Å². The molecule has 0 saturated heterocycles. The predicted octanol–water partition coefficient (Wildman–Crippen LogP) is 2.65. The highest BCUT2D eigenvalue weighted by molar-refractivity contribution is 5.80. The largest absolute Gasteiger partial charge is 0.291 e. The van der Waals surface area contributed by atoms with Gasteiger partial charge < -0.3 is 0 Å². The van der Waals surface area contributed by atoms with Gasteiger partial charge in [0, 0.05) is 11.8 Å². The van der Waals surface area contributed by atoms with Crippen LogP contribution in [0.3, 0.4) is 0 Å². The van der Waals surface area contributed by atoms with Crippen molar-refractivity contribution in [1.29, 1.82) is 0 Å². The number of aromatic nitrogens is 2. The van der Waals surface area contributed by atoms with E-state index in [2.05, 4.69) is 46.5 Å². The molecule has 0 spiro atoms. The second-order valence-corrected chi connectivity index (χ2v) is 4.93. The summed E-state index contributed by atoms with van der Waals surface area (Å²) in [6.07, 6.45) is 1.69. The highest BCUT2D eigenvalue weighted by atomic mass is 16.1. The minimum atomic E-state index is -0.198. The molecule has 0 amide bonds. The van der Waals surface area contributed by atoms with Gasteiger partial charge in [0.2, 0.25) is 5.95 Å². The first-order valence-electron chi connectivity index (χ1n) is 6.51. The first-order valence-corrected chi connectivity index (χ1v) is 6.51. The molecular formula is C15H18N4O. The summed E-state index contributed by atoms with van der Waals surface area (Å²) in [5.74, 6) is 0.853. The highest BCUT2D eigenvalue weighted by Gasteiger charge is 1.98. The van der Waals surface area contributed by atoms with E-state index >= 15 is 0 Å². The van der Waals surface area contributed by atoms with E-state index in [4.69, 9.17) is 0 Å². The minimum absolute atomic E-state index is 0.198. The van der Waals surface area contributed by atoms with Crippen molar-refractivity contribution in [3.63, 3.8) is 0 Å². The Bertz CT molecular complexity index is 656. The van der Waals surface area contributed by atoms with E-state index in [0.717, 1.165) is 5.56 Å². The molecule has 0 radical (unpaired) electrons. The molecule has 2 aromatic rings. The van der Waals surface area contributed by atoms with Crippen LogP contribution in [0.25, 0.3) is 0 Å². The Morgan fingerprint density at radius 1 is 1.30 bits per heavy atom. The summed E-state index contributed by atoms with van der Waals surface area (Å²) in [4.78, 5) is 17.9. The van der Waals surface area contributed by atoms with Crippen molar-refractivity contribution in [2.24, 2.45) is 5.10 Å². The summed E-state index contributed by atoms with van der Waals surface area (Å²) < 4.78 is 0. The van der Waals surface area contributed by atoms with Gasteiger partial charge in [-0.05, 0) is 24.0 Å². The van der Waals surface area contributed by atoms with E-state index in [1.807, 2.05) is 12.1 Å². The van der Waals surface area contributed by atoms with Gasteiger partial charge in [-0.15, -0.1) is 0 Å². The molecule has 5 heteroatoms. The zero-order valence-corrected chi connectivity index (χ0v) is 11.8. The van der Waals surface area contributed by atoms with Crippen LogP contribution < -0.4 is 11.0 Å². The van der Waals surface area contributed by atoms with Crippen LogP contribution in [0.4, 0.5) is 5.95 Å². The van der Waals surface area contributed by atoms with Gasteiger partial charge in [-0.25, -0.2) is 10.4 Å². The van der Waals surface area contributed by atoms with Gasteiger partial charge in [-0.1, -0.05) is 38.1 Å². The Kier molecular flexibility index (Phi) is 4.30. The Labute approximate surface area is 117 Å². The van der Waals surface area contributed by atoms with Crippen LogP contribution in [0.15, 0.2) is 40.2 Å². The number of nitrogens with zero attached hydrogens (tertiary/aromatic N) is 2. The number of hydrogen-bond acceptors (Lipinski definition) is 4. The average molecular weight is 270 g/mol. The van der Waals surface area contributed by atoms with E-state index in [1.54, 1.807) is 13.1 Å². The van der Waals surface area contributed by atoms with Gasteiger partial charge >= 0.3 is 0 Å². The molecule has 0 atom stereocenters. The lowest BCUT2D eigenvalue weighted by atomic mass is 10.0. The number of aryl methyl sites for hydroxylation is 1. The van der Waals surface area contributed by atoms with Crippen LogP contribution in [0.2, 0.25) is 0 Å². The molecule has 0 bridgehead atoms. The SMILES string of the molecule is Cc1cc(=O)[nH]c(N/N=C\c2ccc(C(C)C)cc2)n1. The molecule has 0 saturated carbocycles. The first kappa shape index (κ1) is 14.0. The molecule has 0 aliphatic rings. The van der Waals surface area contributed by atoms with Crippen molar-refractivity contribution < 1.29 is 0 Å². The molecule has 0 aliphatic carbocycles. The van der Waals surface area contributed by atoms with Crippen molar-refractivity contribution in [1.82, 2.24) is 9.97 Å². The monoisotopic (exact) mass is 270 g/mol. The fourth-order valence-corrected chi connectivity index (χ4v) is 1.77. The van der Waals surface area contributed by atoms with Gasteiger partial charge in [0.25, 0.3) is 5.56 Å². The second-order valence-electron chi connectivity index (χ2n) is 4.93. The van der Waals surface area contributed by atoms with E-state index in [0.29, 0.717) is 17.6 Å². The van der Waals surface area contributed by atoms with Gasteiger partial charge in [-0.2, -0.15) is 5.10 Å². The summed E-state index contributed by atoms with van der Waals surface area (Å²) in [6.45, 7) is 6.07. The lowest BCUT2D eigenvalue weighted by molar-refractivity contribution is 0.866. The predicted molar refractivity (Wildman–Crippen MR) is 81.3 cm³/mol. The van der Waals surface area contributed by atoms with E-state index in [9.17, 15) is 4.79 Å². The van der Waals surface area contributed by atoms with Crippen LogP contribution in [-0.2, 0) is 0 Å². The zero-order valence-electron chi connectivity index (χ0n) is 11.8. The summed E-state index contributed by atoms with van der Waals surface area (Å²) in [5, 5.41) is 4.06. The van der Waals surface area contributed by atoms with E-state index in [-0.39, 0.29) is 5.56 Å². The van der Waals surface area contributed by atoms with Crippen LogP contribution in [0, 0.1) is 6.92 Å². The van der Waals surface area contributed by atoms with Crippen LogP contribution in [-0.4, -0.2) is 16.2 Å². The molecule has 0 fully saturated rings. The lowest BCUT2D eigenvalue weighted by Gasteiger charge is -2.04. The number of nitrogens with one attached hydrogen (secondary N) is 2. The second kappa shape index (κ2) is 6.14. The number of benzene rings is 1. The third-order valence-electron chi connectivity index (χ3n) is 2.86. The topological polar surface area (TPSA) is 70.1 Å². The average Bonchev–Trinajstić information content (AvgIpc) is 2.38. The van der Waals surface area contributed by atoms with Crippen LogP contribution in [0.5, 0.6) is 0 Å². The fourth-order valence-electron chi connectivity index (χ4n) is 1.77. The third-order valence-corrected chi connectivity index (χ3v) is 2.86. The molecule has 1 aromatic heterocycles. The van der Waals surface area contributed by atoms with Gasteiger partial charge in [0.15, 0.2) is 0 Å². The summed E-state index contributed by atoms with van der Waals surface area (Å²) >= 11 is 0. The molecule has 0 unspecified atom stereocenters. The Hall–Kier alpha value is -2.43. The Morgan fingerprint density at radius 3 is 2.60 bits per heavy atom. The maximum absolute atomic E-state index is 11.3. The molecule has 2 rings (SSSR count). The minimum Gasteiger partial charge on any atom is -0.291 e. The standard InChI is InChI=1S/C15H18N4O/c1-10(2)13-6-4-12(5-7-13)9-16-19-15-17-11(3)8-14(20)18-15/h4-10H,1-3H3,(H2,17,18,19,20)/b16-9-. The molecule has 20 heavy (non-hydrogen) atoms. The molecule has 104 valence electrons. The zero-order chi connectivity index (χ0) is 14.5. The number of H-pyrrole nitrogens is 1. The Morgan fingerprint density at radius 2 is 2.00 bits per heavy atom. The summed E-state index contributed by atoms with van der Waals surface area (Å²) in [7, 11) is 0. The van der Waals surface area contributed by atoms with Crippen molar-refractivity contribution in [3.8, 4) is 0 Å². The van der Waals surface area contributed by atoms with E-state index in [1.165, 1.54) is 11.6 Å². The quantitative estimate of drug-likeness (QED) is 0.663. The maximum Gasteiger partial charge on any atom is 0.252 e. The van der Waals surface area contributed by atoms with Gasteiger partial charge in [-0.3, -0.25) is 9.78 Å². The molecular weight excluding hydrogens is 252 g/mol. The van der Waals surface area contributed by atoms with Gasteiger partial charge in [0.05, 0.1) is 6.21 Å². The lowest BCUT2D eigenvalue weighted by Crippen LogP contribution is -2.10. The molecule has 5 nitrogen and oxygen atoms in total. The number of hydrazone groups is 1. The van der Waals surface area contributed by atoms with Crippen molar-refractivity contribution in [2.75, 3.05) is 5.43 Å². The maximum atomic E-state index is 11.3. The highest BCUT2D eigenvalue weighted by Crippen LogP contribution is 2.13. The van der Waals surface area contributed by atoms with Crippen molar-refractivity contribution in [2.45, 2.75) is 26.7 Å². The van der Waals surface area contributed by atoms with Crippen LogP contribution >= 0.6 is 0 Å². The molecule has 1 aromatic carbocycles. The van der Waals surface area contributed by atoms with E-state index < -0.39 is 0 Å². The molecule has 2 N–H and O–H groups in total. The molecule has 0 aliphatic heterocycles. The number of hydrogen-bond donors (Lipinski definition) is 2. The number of aromatic amines is 1. The number of anilines is 1. The van der Waals surface area contributed by atoms with Crippen molar-refractivity contribution >= 4 is 12.2 Å². The van der Waals surface area contributed by atoms with Gasteiger partial charge in [0.1, 0.15) is 0 Å². The molecule has 1 heterocycles. The fraction of sp³-hybridized carbons (Fsp3) is 0.267. The third kappa shape index (κ3) is 3.78. The smallest absolute Gasteiger partial charge is 0.252 e. The first-order chi connectivity index (χ1) is 9.54. The summed E-state index contributed by atoms with van der Waals surface area (Å²) in [5.41, 5.74) is 5.44. The number of rotatable bonds is 4. The van der Waals surface area contributed by atoms with Crippen molar-refractivity contribution in [3.05, 3.63) is 57.5 Å². The Balaban J connectivity index is 2.04. The normalized spacial score (nSPS) is 11.2. The summed E-state index contributed by atoms with van der Waals surface area (Å²) in [6, 6.07) is 9.61.